The predicted molar refractivity (Wildman–Crippen MR) is 68.6 cm³/mol. The van der Waals surface area contributed by atoms with Crippen LogP contribution in [0.2, 0.25) is 0 Å². The highest BCUT2D eigenvalue weighted by molar-refractivity contribution is 6.03. The number of nitrogens with two attached hydrogens (primary N) is 1. The van der Waals surface area contributed by atoms with Crippen LogP contribution in [0.5, 0.6) is 0 Å². The van der Waals surface area contributed by atoms with Gasteiger partial charge in [-0.25, -0.2) is 9.59 Å². The third-order valence-corrected chi connectivity index (χ3v) is 4.23. The molecule has 1 aliphatic heterocycles. The molecule has 3 N–H and O–H groups in total. The van der Waals surface area contributed by atoms with Crippen LogP contribution >= 0.6 is 0 Å². The van der Waals surface area contributed by atoms with E-state index in [1.54, 1.807) is 6.92 Å². The highest BCUT2D eigenvalue weighted by Crippen LogP contribution is 2.42. The summed E-state index contributed by atoms with van der Waals surface area (Å²) in [5.74, 6) is -2.30. The minimum Gasteiger partial charge on any atom is -0.480 e. The molecule has 4 unspecified atom stereocenters. The maximum atomic E-state index is 12.2. The van der Waals surface area contributed by atoms with Gasteiger partial charge in [0, 0.05) is 6.54 Å². The van der Waals surface area contributed by atoms with Crippen LogP contribution in [0.4, 0.5) is 0 Å². The molecule has 2 fully saturated rings. The minimum atomic E-state index is -1.43. The van der Waals surface area contributed by atoms with E-state index in [4.69, 9.17) is 10.5 Å². The maximum absolute atomic E-state index is 12.2. The van der Waals surface area contributed by atoms with Crippen molar-refractivity contribution < 1.29 is 24.2 Å². The van der Waals surface area contributed by atoms with Crippen LogP contribution in [0, 0.1) is 11.8 Å². The van der Waals surface area contributed by atoms with E-state index in [1.807, 2.05) is 0 Å². The highest BCUT2D eigenvalue weighted by atomic mass is 16.5. The van der Waals surface area contributed by atoms with E-state index in [0.29, 0.717) is 6.54 Å². The van der Waals surface area contributed by atoms with E-state index in [-0.39, 0.29) is 18.4 Å². The van der Waals surface area contributed by atoms with Crippen LogP contribution in [-0.4, -0.2) is 53.1 Å². The lowest BCUT2D eigenvalue weighted by Crippen LogP contribution is -2.53. The molecule has 112 valence electrons. The van der Waals surface area contributed by atoms with Gasteiger partial charge in [0.15, 0.2) is 6.04 Å². The number of carbonyl (C=O) groups is 3. The van der Waals surface area contributed by atoms with Crippen molar-refractivity contribution in [1.29, 1.82) is 0 Å². The summed E-state index contributed by atoms with van der Waals surface area (Å²) in [6.45, 7) is 2.12. The third-order valence-electron chi connectivity index (χ3n) is 4.23. The molecule has 2 aliphatic rings. The van der Waals surface area contributed by atoms with Gasteiger partial charge in [0.1, 0.15) is 6.04 Å². The lowest BCUT2D eigenvalue weighted by molar-refractivity contribution is -0.156. The van der Waals surface area contributed by atoms with Crippen LogP contribution in [0.25, 0.3) is 0 Å². The standard InChI is InChI=1S/C13H20N2O5/c1-2-20-13(19)9(14)11(16)15-6-7-4-3-5-8(7)10(15)12(17)18/h7-10H,2-6,14H2,1H3,(H,17,18). The molecule has 2 rings (SSSR count). The summed E-state index contributed by atoms with van der Waals surface area (Å²) in [7, 11) is 0. The molecule has 1 amide bonds. The first-order chi connectivity index (χ1) is 9.47. The Morgan fingerprint density at radius 3 is 2.70 bits per heavy atom. The molecule has 0 aromatic rings. The van der Waals surface area contributed by atoms with Crippen LogP contribution < -0.4 is 5.73 Å². The molecular weight excluding hydrogens is 264 g/mol. The fourth-order valence-corrected chi connectivity index (χ4v) is 3.36. The number of fused-ring (bicyclic) bond motifs is 1. The van der Waals surface area contributed by atoms with Gasteiger partial charge in [-0.2, -0.15) is 0 Å². The van der Waals surface area contributed by atoms with Crippen molar-refractivity contribution in [1.82, 2.24) is 4.90 Å². The number of hydrogen-bond acceptors (Lipinski definition) is 5. The number of nitrogens with zero attached hydrogens (tertiary/aromatic N) is 1. The van der Waals surface area contributed by atoms with E-state index in [2.05, 4.69) is 0 Å². The predicted octanol–water partition coefficient (Wildman–Crippen LogP) is -0.411. The molecule has 0 radical (unpaired) electrons. The van der Waals surface area contributed by atoms with Crippen LogP contribution in [0.1, 0.15) is 26.2 Å². The van der Waals surface area contributed by atoms with E-state index in [1.165, 1.54) is 4.90 Å². The van der Waals surface area contributed by atoms with E-state index in [0.717, 1.165) is 19.3 Å². The van der Waals surface area contributed by atoms with Crippen molar-refractivity contribution in [3.63, 3.8) is 0 Å². The van der Waals surface area contributed by atoms with Crippen LogP contribution in [-0.2, 0) is 19.1 Å². The average Bonchev–Trinajstić information content (AvgIpc) is 2.96. The molecule has 4 atom stereocenters. The molecule has 0 aromatic heterocycles. The molecule has 1 heterocycles. The van der Waals surface area contributed by atoms with Gasteiger partial charge in [-0.3, -0.25) is 4.79 Å². The quantitative estimate of drug-likeness (QED) is 0.536. The number of carboxylic acids is 1. The molecule has 0 bridgehead atoms. The highest BCUT2D eigenvalue weighted by Gasteiger charge is 2.50. The Labute approximate surface area is 117 Å². The van der Waals surface area contributed by atoms with Gasteiger partial charge in [0.2, 0.25) is 0 Å². The SMILES string of the molecule is CCOC(=O)C(N)C(=O)N1CC2CCCC2C1C(=O)O. The van der Waals surface area contributed by atoms with Crippen LogP contribution in [0.15, 0.2) is 0 Å². The second-order valence-electron chi connectivity index (χ2n) is 5.36. The molecule has 20 heavy (non-hydrogen) atoms. The number of carboxylic acid groups (broad SMARTS) is 1. The Morgan fingerprint density at radius 2 is 2.10 bits per heavy atom. The number of aliphatic carboxylic acids is 1. The summed E-state index contributed by atoms with van der Waals surface area (Å²) in [6.07, 6.45) is 2.72. The summed E-state index contributed by atoms with van der Waals surface area (Å²) in [6, 6.07) is -2.30. The number of esters is 1. The Kier molecular flexibility index (Phi) is 4.27. The van der Waals surface area contributed by atoms with Gasteiger partial charge in [0.05, 0.1) is 6.61 Å². The maximum Gasteiger partial charge on any atom is 0.332 e. The van der Waals surface area contributed by atoms with E-state index >= 15 is 0 Å². The molecule has 1 saturated carbocycles. The number of hydrogen-bond donors (Lipinski definition) is 2. The van der Waals surface area contributed by atoms with Crippen molar-refractivity contribution in [2.24, 2.45) is 17.6 Å². The largest absolute Gasteiger partial charge is 0.480 e. The van der Waals surface area contributed by atoms with Gasteiger partial charge in [-0.1, -0.05) is 6.42 Å². The van der Waals surface area contributed by atoms with Crippen molar-refractivity contribution in [3.8, 4) is 0 Å². The summed E-state index contributed by atoms with van der Waals surface area (Å²) in [5.41, 5.74) is 5.58. The third kappa shape index (κ3) is 2.49. The van der Waals surface area contributed by atoms with Crippen molar-refractivity contribution in [3.05, 3.63) is 0 Å². The zero-order valence-electron chi connectivity index (χ0n) is 11.4. The first kappa shape index (κ1) is 14.8. The first-order valence-corrected chi connectivity index (χ1v) is 6.92. The zero-order valence-corrected chi connectivity index (χ0v) is 11.4. The molecular formula is C13H20N2O5. The summed E-state index contributed by atoms with van der Waals surface area (Å²) < 4.78 is 4.72. The van der Waals surface area contributed by atoms with E-state index < -0.39 is 29.9 Å². The molecule has 7 nitrogen and oxygen atoms in total. The Balaban J connectivity index is 2.12. The Bertz CT molecular complexity index is 425. The molecule has 1 saturated heterocycles. The monoisotopic (exact) mass is 284 g/mol. The first-order valence-electron chi connectivity index (χ1n) is 6.92. The normalized spacial score (nSPS) is 29.9. The minimum absolute atomic E-state index is 0.0224. The lowest BCUT2D eigenvalue weighted by Gasteiger charge is -2.26. The average molecular weight is 284 g/mol. The summed E-state index contributed by atoms with van der Waals surface area (Å²) >= 11 is 0. The Morgan fingerprint density at radius 1 is 1.40 bits per heavy atom. The fraction of sp³-hybridized carbons (Fsp3) is 0.769. The molecule has 7 heteroatoms. The van der Waals surface area contributed by atoms with Crippen molar-refractivity contribution >= 4 is 17.8 Å². The number of rotatable bonds is 4. The van der Waals surface area contributed by atoms with Crippen molar-refractivity contribution in [2.75, 3.05) is 13.2 Å². The van der Waals surface area contributed by atoms with Gasteiger partial charge < -0.3 is 20.5 Å². The molecule has 1 aliphatic carbocycles. The molecule has 0 aromatic carbocycles. The number of ether oxygens (including phenoxy) is 1. The van der Waals surface area contributed by atoms with Crippen molar-refractivity contribution in [2.45, 2.75) is 38.3 Å². The van der Waals surface area contributed by atoms with Gasteiger partial charge >= 0.3 is 11.9 Å². The number of likely N-dealkylation sites (tertiary alicyclic amines) is 1. The van der Waals surface area contributed by atoms with Gasteiger partial charge in [0.25, 0.3) is 5.91 Å². The fourth-order valence-electron chi connectivity index (χ4n) is 3.36. The van der Waals surface area contributed by atoms with E-state index in [9.17, 15) is 19.5 Å². The molecule has 0 spiro atoms. The smallest absolute Gasteiger partial charge is 0.332 e. The van der Waals surface area contributed by atoms with Gasteiger partial charge in [-0.05, 0) is 31.6 Å². The summed E-state index contributed by atoms with van der Waals surface area (Å²) in [5, 5.41) is 9.35. The number of amides is 1. The lowest BCUT2D eigenvalue weighted by atomic mass is 9.94. The summed E-state index contributed by atoms with van der Waals surface area (Å²) in [4.78, 5) is 36.4. The second kappa shape index (κ2) is 5.78. The van der Waals surface area contributed by atoms with Crippen LogP contribution in [0.3, 0.4) is 0 Å². The number of carbonyl (C=O) groups excluding carboxylic acids is 2. The topological polar surface area (TPSA) is 110 Å². The van der Waals surface area contributed by atoms with Gasteiger partial charge in [-0.15, -0.1) is 0 Å². The zero-order chi connectivity index (χ0) is 14.9. The second-order valence-corrected chi connectivity index (χ2v) is 5.36. The Hall–Kier alpha value is -1.63.